The van der Waals surface area contributed by atoms with E-state index >= 15 is 0 Å². The Hall–Kier alpha value is -3.21. The quantitative estimate of drug-likeness (QED) is 0.719. The Kier molecular flexibility index (Phi) is 5.84. The first-order chi connectivity index (χ1) is 14.2. The fraction of sp³-hybridized carbons (Fsp3) is 0.292. The number of pyridine rings is 1. The Morgan fingerprint density at radius 1 is 1.00 bits per heavy atom. The van der Waals surface area contributed by atoms with Crippen LogP contribution in [0.25, 0.3) is 10.8 Å². The Bertz CT molecular complexity index is 990. The Morgan fingerprint density at radius 2 is 1.79 bits per heavy atom. The van der Waals surface area contributed by atoms with Gasteiger partial charge in [-0.15, -0.1) is 0 Å². The number of fused-ring (bicyclic) bond motifs is 1. The molecule has 1 saturated heterocycles. The number of benzene rings is 2. The first kappa shape index (κ1) is 19.1. The van der Waals surface area contributed by atoms with E-state index in [1.807, 2.05) is 59.5 Å². The smallest absolute Gasteiger partial charge is 0.227 e. The number of rotatable bonds is 5. The molecular weight excluding hydrogens is 362 g/mol. The van der Waals surface area contributed by atoms with Gasteiger partial charge in [0.15, 0.2) is 0 Å². The molecule has 1 N–H and O–H groups in total. The van der Waals surface area contributed by atoms with Gasteiger partial charge in [-0.05, 0) is 37.0 Å². The van der Waals surface area contributed by atoms with Gasteiger partial charge in [0.05, 0.1) is 0 Å². The molecule has 1 fully saturated rings. The normalized spacial score (nSPS) is 14.7. The number of nitrogens with zero attached hydrogens (tertiary/aromatic N) is 2. The summed E-state index contributed by atoms with van der Waals surface area (Å²) < 4.78 is 0. The molecule has 29 heavy (non-hydrogen) atoms. The average molecular weight is 387 g/mol. The van der Waals surface area contributed by atoms with E-state index in [1.54, 1.807) is 12.4 Å². The van der Waals surface area contributed by atoms with E-state index in [1.165, 1.54) is 5.56 Å². The summed E-state index contributed by atoms with van der Waals surface area (Å²) in [4.78, 5) is 31.3. The van der Waals surface area contributed by atoms with Crippen LogP contribution in [-0.2, 0) is 16.0 Å². The van der Waals surface area contributed by atoms with Crippen molar-refractivity contribution < 1.29 is 9.59 Å². The van der Waals surface area contributed by atoms with Crippen LogP contribution in [0.5, 0.6) is 0 Å². The van der Waals surface area contributed by atoms with Crippen LogP contribution in [0.2, 0.25) is 0 Å². The average Bonchev–Trinajstić information content (AvgIpc) is 2.78. The zero-order chi connectivity index (χ0) is 20.1. The molecule has 0 spiro atoms. The Labute approximate surface area is 170 Å². The lowest BCUT2D eigenvalue weighted by molar-refractivity contribution is -0.134. The molecule has 2 amide bonds. The molecule has 2 aromatic carbocycles. The number of piperidine rings is 1. The van der Waals surface area contributed by atoms with Gasteiger partial charge in [0.2, 0.25) is 11.8 Å². The van der Waals surface area contributed by atoms with Crippen molar-refractivity contribution in [3.8, 4) is 0 Å². The molecule has 0 unspecified atom stereocenters. The topological polar surface area (TPSA) is 62.3 Å². The maximum absolute atomic E-state index is 12.8. The molecule has 1 aliphatic rings. The maximum Gasteiger partial charge on any atom is 0.227 e. The molecule has 1 aromatic heterocycles. The van der Waals surface area contributed by atoms with Crippen LogP contribution in [0.4, 0.5) is 5.69 Å². The number of likely N-dealkylation sites (tertiary alicyclic amines) is 1. The summed E-state index contributed by atoms with van der Waals surface area (Å²) in [5.41, 5.74) is 2.00. The Morgan fingerprint density at radius 3 is 2.59 bits per heavy atom. The second-order valence-electron chi connectivity index (χ2n) is 7.53. The molecule has 5 nitrogen and oxygen atoms in total. The van der Waals surface area contributed by atoms with Gasteiger partial charge in [-0.3, -0.25) is 14.6 Å². The predicted octanol–water partition coefficient (Wildman–Crippen LogP) is 4.04. The van der Waals surface area contributed by atoms with E-state index in [-0.39, 0.29) is 17.7 Å². The predicted molar refractivity (Wildman–Crippen MR) is 114 cm³/mol. The van der Waals surface area contributed by atoms with Crippen LogP contribution in [0.15, 0.2) is 67.0 Å². The van der Waals surface area contributed by atoms with Crippen molar-refractivity contribution in [2.45, 2.75) is 25.7 Å². The molecule has 2 heterocycles. The largest absolute Gasteiger partial charge is 0.343 e. The summed E-state index contributed by atoms with van der Waals surface area (Å²) in [6.45, 7) is 1.29. The van der Waals surface area contributed by atoms with Crippen LogP contribution >= 0.6 is 0 Å². The highest BCUT2D eigenvalue weighted by molar-refractivity contribution is 6.02. The van der Waals surface area contributed by atoms with Crippen molar-refractivity contribution in [1.82, 2.24) is 9.88 Å². The molecular formula is C24H25N3O2. The zero-order valence-electron chi connectivity index (χ0n) is 16.4. The summed E-state index contributed by atoms with van der Waals surface area (Å²) in [7, 11) is 0. The van der Waals surface area contributed by atoms with Gasteiger partial charge in [-0.25, -0.2) is 0 Å². The van der Waals surface area contributed by atoms with E-state index in [0.29, 0.717) is 32.4 Å². The van der Waals surface area contributed by atoms with E-state index in [0.717, 1.165) is 22.9 Å². The lowest BCUT2D eigenvalue weighted by atomic mass is 9.95. The minimum Gasteiger partial charge on any atom is -0.343 e. The van der Waals surface area contributed by atoms with Crippen LogP contribution in [-0.4, -0.2) is 34.8 Å². The molecule has 0 saturated carbocycles. The van der Waals surface area contributed by atoms with Gasteiger partial charge in [0.1, 0.15) is 0 Å². The lowest BCUT2D eigenvalue weighted by Gasteiger charge is -2.31. The van der Waals surface area contributed by atoms with Crippen molar-refractivity contribution in [3.63, 3.8) is 0 Å². The molecule has 5 heteroatoms. The number of amides is 2. The van der Waals surface area contributed by atoms with Crippen molar-refractivity contribution in [2.75, 3.05) is 18.4 Å². The van der Waals surface area contributed by atoms with Gasteiger partial charge in [-0.1, -0.05) is 42.5 Å². The number of carbonyl (C=O) groups excluding carboxylic acids is 2. The van der Waals surface area contributed by atoms with Crippen LogP contribution in [0, 0.1) is 5.92 Å². The fourth-order valence-electron chi connectivity index (χ4n) is 3.91. The van der Waals surface area contributed by atoms with Crippen molar-refractivity contribution >= 4 is 28.3 Å². The molecule has 0 atom stereocenters. The number of anilines is 1. The summed E-state index contributed by atoms with van der Waals surface area (Å²) in [6, 6.07) is 17.8. The van der Waals surface area contributed by atoms with Gasteiger partial charge in [-0.2, -0.15) is 0 Å². The highest BCUT2D eigenvalue weighted by Crippen LogP contribution is 2.25. The van der Waals surface area contributed by atoms with Gasteiger partial charge in [0, 0.05) is 54.3 Å². The fourth-order valence-corrected chi connectivity index (χ4v) is 3.91. The van der Waals surface area contributed by atoms with Crippen LogP contribution in [0.1, 0.15) is 24.8 Å². The second-order valence-corrected chi connectivity index (χ2v) is 7.53. The molecule has 0 radical (unpaired) electrons. The SMILES string of the molecule is O=C(Nc1cccc2cnccc12)C1CCN(C(=O)CCc2ccccc2)CC1. The second kappa shape index (κ2) is 8.86. The van der Waals surface area contributed by atoms with E-state index in [4.69, 9.17) is 0 Å². The van der Waals surface area contributed by atoms with E-state index < -0.39 is 0 Å². The monoisotopic (exact) mass is 387 g/mol. The third kappa shape index (κ3) is 4.62. The first-order valence-corrected chi connectivity index (χ1v) is 10.2. The van der Waals surface area contributed by atoms with E-state index in [2.05, 4.69) is 10.3 Å². The maximum atomic E-state index is 12.8. The molecule has 3 aromatic rings. The summed E-state index contributed by atoms with van der Waals surface area (Å²) >= 11 is 0. The van der Waals surface area contributed by atoms with Gasteiger partial charge in [0.25, 0.3) is 0 Å². The number of aryl methyl sites for hydroxylation is 1. The van der Waals surface area contributed by atoms with Crippen LogP contribution in [0.3, 0.4) is 0 Å². The zero-order valence-corrected chi connectivity index (χ0v) is 16.4. The van der Waals surface area contributed by atoms with Crippen molar-refractivity contribution in [2.24, 2.45) is 5.92 Å². The van der Waals surface area contributed by atoms with Crippen molar-refractivity contribution in [3.05, 3.63) is 72.6 Å². The number of carbonyl (C=O) groups is 2. The van der Waals surface area contributed by atoms with Crippen molar-refractivity contribution in [1.29, 1.82) is 0 Å². The van der Waals surface area contributed by atoms with E-state index in [9.17, 15) is 9.59 Å². The number of aromatic nitrogens is 1. The van der Waals surface area contributed by atoms with Gasteiger partial charge < -0.3 is 10.2 Å². The van der Waals surface area contributed by atoms with Gasteiger partial charge >= 0.3 is 0 Å². The molecule has 1 aliphatic heterocycles. The van der Waals surface area contributed by atoms with Crippen LogP contribution < -0.4 is 5.32 Å². The minimum atomic E-state index is -0.0646. The summed E-state index contributed by atoms with van der Waals surface area (Å²) in [5.74, 6) is 0.144. The number of nitrogens with one attached hydrogen (secondary N) is 1. The summed E-state index contributed by atoms with van der Waals surface area (Å²) in [5, 5.41) is 5.07. The highest BCUT2D eigenvalue weighted by Gasteiger charge is 2.27. The molecule has 0 aliphatic carbocycles. The Balaban J connectivity index is 1.30. The lowest BCUT2D eigenvalue weighted by Crippen LogP contribution is -2.41. The number of hydrogen-bond acceptors (Lipinski definition) is 3. The first-order valence-electron chi connectivity index (χ1n) is 10.2. The highest BCUT2D eigenvalue weighted by atomic mass is 16.2. The minimum absolute atomic E-state index is 0.0331. The third-order valence-electron chi connectivity index (χ3n) is 5.63. The molecule has 0 bridgehead atoms. The molecule has 148 valence electrons. The standard InChI is InChI=1S/C24H25N3O2/c28-23(10-9-18-5-2-1-3-6-18)27-15-12-19(13-16-27)24(29)26-22-8-4-7-20-17-25-14-11-21(20)22/h1-8,11,14,17,19H,9-10,12-13,15-16H2,(H,26,29). The number of hydrogen-bond donors (Lipinski definition) is 1. The third-order valence-corrected chi connectivity index (χ3v) is 5.63. The molecule has 4 rings (SSSR count). The summed E-state index contributed by atoms with van der Waals surface area (Å²) in [6.07, 6.45) is 6.22.